The quantitative estimate of drug-likeness (QED) is 0.880. The summed E-state index contributed by atoms with van der Waals surface area (Å²) in [6.45, 7) is 3.61. The molecule has 1 N–H and O–H groups in total. The van der Waals surface area contributed by atoms with E-state index in [9.17, 15) is 4.39 Å². The minimum atomic E-state index is -0.307. The van der Waals surface area contributed by atoms with Crippen LogP contribution < -0.4 is 5.32 Å². The second-order valence-electron chi connectivity index (χ2n) is 4.18. The Morgan fingerprint density at radius 2 is 2.38 bits per heavy atom. The van der Waals surface area contributed by atoms with Gasteiger partial charge in [-0.25, -0.2) is 4.39 Å². The van der Waals surface area contributed by atoms with Crippen LogP contribution in [0.2, 0.25) is 5.02 Å². The molecule has 2 nitrogen and oxygen atoms in total. The van der Waals surface area contributed by atoms with Crippen LogP contribution in [0.3, 0.4) is 0 Å². The van der Waals surface area contributed by atoms with E-state index < -0.39 is 0 Å². The molecule has 0 radical (unpaired) electrons. The molecule has 1 saturated heterocycles. The van der Waals surface area contributed by atoms with E-state index in [-0.39, 0.29) is 11.9 Å². The van der Waals surface area contributed by atoms with Crippen LogP contribution in [-0.4, -0.2) is 19.3 Å². The number of ether oxygens (including phenoxy) is 1. The first-order chi connectivity index (χ1) is 7.66. The maximum absolute atomic E-state index is 13.5. The summed E-state index contributed by atoms with van der Waals surface area (Å²) in [5.41, 5.74) is 0.504. The molecule has 2 atom stereocenters. The third-order valence-corrected chi connectivity index (χ3v) is 3.22. The van der Waals surface area contributed by atoms with E-state index in [2.05, 4.69) is 5.32 Å². The molecule has 1 aromatic carbocycles. The van der Waals surface area contributed by atoms with Gasteiger partial charge in [0.05, 0.1) is 12.3 Å². The van der Waals surface area contributed by atoms with Crippen molar-refractivity contribution in [3.63, 3.8) is 0 Å². The Morgan fingerprint density at radius 1 is 1.56 bits per heavy atom. The maximum atomic E-state index is 13.5. The van der Waals surface area contributed by atoms with E-state index in [1.165, 1.54) is 6.07 Å². The highest BCUT2D eigenvalue weighted by Crippen LogP contribution is 2.23. The molecule has 16 heavy (non-hydrogen) atoms. The van der Waals surface area contributed by atoms with Crippen LogP contribution in [0, 0.1) is 11.7 Å². The lowest BCUT2D eigenvalue weighted by Gasteiger charge is -2.20. The standard InChI is InChI=1S/C12H15ClFNO/c1-8(9-4-5-16-7-9)15-12-3-2-10(13)6-11(12)14/h2-3,6,8-9,15H,4-5,7H2,1H3. The van der Waals surface area contributed by atoms with Gasteiger partial charge in [0.2, 0.25) is 0 Å². The van der Waals surface area contributed by atoms with Gasteiger partial charge < -0.3 is 10.1 Å². The summed E-state index contributed by atoms with van der Waals surface area (Å²) in [5.74, 6) is 0.147. The number of anilines is 1. The van der Waals surface area contributed by atoms with Crippen molar-refractivity contribution in [3.05, 3.63) is 29.0 Å². The third-order valence-electron chi connectivity index (χ3n) is 2.99. The fraction of sp³-hybridized carbons (Fsp3) is 0.500. The molecule has 0 bridgehead atoms. The summed E-state index contributed by atoms with van der Waals surface area (Å²) in [6, 6.07) is 4.88. The highest BCUT2D eigenvalue weighted by Gasteiger charge is 2.22. The molecule has 88 valence electrons. The lowest BCUT2D eigenvalue weighted by molar-refractivity contribution is 0.183. The van der Waals surface area contributed by atoms with E-state index in [0.29, 0.717) is 16.6 Å². The average molecular weight is 244 g/mol. The molecule has 4 heteroatoms. The van der Waals surface area contributed by atoms with Gasteiger partial charge in [-0.15, -0.1) is 0 Å². The Bertz CT molecular complexity index is 366. The normalized spacial score (nSPS) is 22.1. The van der Waals surface area contributed by atoms with Crippen molar-refractivity contribution in [2.75, 3.05) is 18.5 Å². The Kier molecular flexibility index (Phi) is 3.66. The Labute approximate surface area is 99.7 Å². The summed E-state index contributed by atoms with van der Waals surface area (Å²) in [6.07, 6.45) is 1.03. The lowest BCUT2D eigenvalue weighted by atomic mass is 10.0. The molecule has 0 aliphatic carbocycles. The van der Waals surface area contributed by atoms with Crippen LogP contribution in [0.4, 0.5) is 10.1 Å². The van der Waals surface area contributed by atoms with Crippen LogP contribution in [0.5, 0.6) is 0 Å². The fourth-order valence-electron chi connectivity index (χ4n) is 1.92. The van der Waals surface area contributed by atoms with Gasteiger partial charge in [-0.3, -0.25) is 0 Å². The van der Waals surface area contributed by atoms with Gasteiger partial charge in [-0.1, -0.05) is 11.6 Å². The highest BCUT2D eigenvalue weighted by atomic mass is 35.5. The minimum Gasteiger partial charge on any atom is -0.381 e. The third kappa shape index (κ3) is 2.66. The van der Waals surface area contributed by atoms with Gasteiger partial charge in [-0.2, -0.15) is 0 Å². The molecule has 2 unspecified atom stereocenters. The molecule has 1 aliphatic heterocycles. The summed E-state index contributed by atoms with van der Waals surface area (Å²) in [5, 5.41) is 3.58. The average Bonchev–Trinajstić information content (AvgIpc) is 2.75. The summed E-state index contributed by atoms with van der Waals surface area (Å²) in [7, 11) is 0. The van der Waals surface area contributed by atoms with Crippen molar-refractivity contribution >= 4 is 17.3 Å². The van der Waals surface area contributed by atoms with Gasteiger partial charge in [0.15, 0.2) is 0 Å². The van der Waals surface area contributed by atoms with Crippen molar-refractivity contribution in [1.29, 1.82) is 0 Å². The second-order valence-corrected chi connectivity index (χ2v) is 4.62. The number of benzene rings is 1. The fourth-order valence-corrected chi connectivity index (χ4v) is 2.08. The van der Waals surface area contributed by atoms with Crippen LogP contribution in [0.1, 0.15) is 13.3 Å². The second kappa shape index (κ2) is 5.02. The molecule has 0 saturated carbocycles. The number of nitrogens with one attached hydrogen (secondary N) is 1. The summed E-state index contributed by atoms with van der Waals surface area (Å²) >= 11 is 5.69. The predicted molar refractivity (Wildman–Crippen MR) is 63.4 cm³/mol. The first-order valence-corrected chi connectivity index (χ1v) is 5.84. The van der Waals surface area contributed by atoms with E-state index in [1.807, 2.05) is 6.92 Å². The topological polar surface area (TPSA) is 21.3 Å². The predicted octanol–water partition coefficient (Wildman–Crippen LogP) is 3.32. The number of halogens is 2. The summed E-state index contributed by atoms with van der Waals surface area (Å²) in [4.78, 5) is 0. The maximum Gasteiger partial charge on any atom is 0.147 e. The molecule has 0 amide bonds. The number of hydrogen-bond donors (Lipinski definition) is 1. The highest BCUT2D eigenvalue weighted by molar-refractivity contribution is 6.30. The molecular formula is C12H15ClFNO. The number of rotatable bonds is 3. The summed E-state index contributed by atoms with van der Waals surface area (Å²) < 4.78 is 18.8. The smallest absolute Gasteiger partial charge is 0.147 e. The van der Waals surface area contributed by atoms with Crippen molar-refractivity contribution < 1.29 is 9.13 Å². The molecular weight excluding hydrogens is 229 g/mol. The van der Waals surface area contributed by atoms with Crippen LogP contribution in [0.15, 0.2) is 18.2 Å². The molecule has 0 spiro atoms. The van der Waals surface area contributed by atoms with Gasteiger partial charge in [0.25, 0.3) is 0 Å². The SMILES string of the molecule is CC(Nc1ccc(Cl)cc1F)C1CCOC1. The Morgan fingerprint density at radius 3 is 3.00 bits per heavy atom. The van der Waals surface area contributed by atoms with Crippen molar-refractivity contribution in [2.45, 2.75) is 19.4 Å². The van der Waals surface area contributed by atoms with Gasteiger partial charge in [-0.05, 0) is 31.5 Å². The van der Waals surface area contributed by atoms with E-state index in [1.54, 1.807) is 12.1 Å². The Hall–Kier alpha value is -0.800. The van der Waals surface area contributed by atoms with Crippen molar-refractivity contribution in [3.8, 4) is 0 Å². The molecule has 1 aliphatic rings. The zero-order valence-corrected chi connectivity index (χ0v) is 9.93. The molecule has 1 heterocycles. The molecule has 2 rings (SSSR count). The first-order valence-electron chi connectivity index (χ1n) is 5.46. The van der Waals surface area contributed by atoms with Crippen LogP contribution in [-0.2, 0) is 4.74 Å². The van der Waals surface area contributed by atoms with Gasteiger partial charge in [0.1, 0.15) is 5.82 Å². The van der Waals surface area contributed by atoms with E-state index in [0.717, 1.165) is 19.6 Å². The number of hydrogen-bond acceptors (Lipinski definition) is 2. The van der Waals surface area contributed by atoms with Gasteiger partial charge >= 0.3 is 0 Å². The van der Waals surface area contributed by atoms with E-state index in [4.69, 9.17) is 16.3 Å². The van der Waals surface area contributed by atoms with E-state index >= 15 is 0 Å². The van der Waals surface area contributed by atoms with Gasteiger partial charge in [0, 0.05) is 23.6 Å². The minimum absolute atomic E-state index is 0.207. The zero-order valence-electron chi connectivity index (χ0n) is 9.17. The van der Waals surface area contributed by atoms with Crippen molar-refractivity contribution in [2.24, 2.45) is 5.92 Å². The zero-order chi connectivity index (χ0) is 11.5. The van der Waals surface area contributed by atoms with Crippen LogP contribution >= 0.6 is 11.6 Å². The molecule has 1 aromatic rings. The molecule has 1 fully saturated rings. The largest absolute Gasteiger partial charge is 0.381 e. The molecule has 0 aromatic heterocycles. The first kappa shape index (κ1) is 11.7. The lowest BCUT2D eigenvalue weighted by Crippen LogP contribution is -2.26. The Balaban J connectivity index is 2.02. The van der Waals surface area contributed by atoms with Crippen molar-refractivity contribution in [1.82, 2.24) is 0 Å². The monoisotopic (exact) mass is 243 g/mol. The van der Waals surface area contributed by atoms with Crippen LogP contribution in [0.25, 0.3) is 0 Å².